The van der Waals surface area contributed by atoms with E-state index in [0.29, 0.717) is 0 Å². The van der Waals surface area contributed by atoms with Crippen LogP contribution in [-0.2, 0) is 0 Å². The molecule has 3 atom stereocenters. The molecule has 1 heteroatoms. The normalized spacial score (nSPS) is 41.0. The van der Waals surface area contributed by atoms with Gasteiger partial charge in [-0.15, -0.1) is 0 Å². The molecule has 2 rings (SSSR count). The van der Waals surface area contributed by atoms with Crippen LogP contribution in [0.4, 0.5) is 0 Å². The van der Waals surface area contributed by atoms with E-state index in [1.54, 1.807) is 5.57 Å². The van der Waals surface area contributed by atoms with Gasteiger partial charge in [-0.3, -0.25) is 0 Å². The van der Waals surface area contributed by atoms with Gasteiger partial charge in [-0.2, -0.15) is 0 Å². The molecular weight excluding hydrogens is 164 g/mol. The van der Waals surface area contributed by atoms with E-state index in [-0.39, 0.29) is 0 Å². The average molecular weight is 180 g/mol. The number of hydrogen-bond donors (Lipinski definition) is 0. The second-order valence-electron chi connectivity index (χ2n) is 4.31. The van der Waals surface area contributed by atoms with E-state index >= 15 is 0 Å². The van der Waals surface area contributed by atoms with E-state index in [0.717, 1.165) is 24.2 Å². The van der Waals surface area contributed by atoms with Gasteiger partial charge in [-0.05, 0) is 43.9 Å². The molecule has 0 radical (unpaired) electrons. The van der Waals surface area contributed by atoms with Crippen molar-refractivity contribution in [2.45, 2.75) is 33.1 Å². The van der Waals surface area contributed by atoms with Crippen LogP contribution < -0.4 is 0 Å². The Labute approximate surface area is 80.0 Å². The molecule has 66 valence electrons. The molecule has 0 unspecified atom stereocenters. The fraction of sp³-hybridized carbons (Fsp3) is 0.727. The van der Waals surface area contributed by atoms with Crippen LogP contribution >= 0.6 is 12.2 Å². The summed E-state index contributed by atoms with van der Waals surface area (Å²) in [5, 5.41) is 0. The summed E-state index contributed by atoms with van der Waals surface area (Å²) in [5.74, 6) is 2.39. The predicted octanol–water partition coefficient (Wildman–Crippen LogP) is 3.37. The van der Waals surface area contributed by atoms with Crippen LogP contribution in [0.3, 0.4) is 0 Å². The standard InChI is InChI=1S/C11H16S/c1-7-4-6-10(12)11-8(2)3-5-9(7)11/h4,8-9,11H,3,5-6H2,1-2H3/t8-,9+,11+/m0/s1. The summed E-state index contributed by atoms with van der Waals surface area (Å²) in [5.41, 5.74) is 1.60. The van der Waals surface area contributed by atoms with Crippen molar-refractivity contribution < 1.29 is 0 Å². The first-order valence-corrected chi connectivity index (χ1v) is 5.30. The first-order valence-electron chi connectivity index (χ1n) is 4.89. The monoisotopic (exact) mass is 180 g/mol. The van der Waals surface area contributed by atoms with Crippen molar-refractivity contribution >= 4 is 17.1 Å². The minimum atomic E-state index is 0.741. The third kappa shape index (κ3) is 1.15. The second kappa shape index (κ2) is 2.95. The Morgan fingerprint density at radius 1 is 1.42 bits per heavy atom. The van der Waals surface area contributed by atoms with Crippen LogP contribution in [-0.4, -0.2) is 4.86 Å². The zero-order valence-electron chi connectivity index (χ0n) is 7.84. The van der Waals surface area contributed by atoms with Crippen LogP contribution in [0.1, 0.15) is 33.1 Å². The zero-order valence-corrected chi connectivity index (χ0v) is 8.66. The third-order valence-electron chi connectivity index (χ3n) is 3.56. The van der Waals surface area contributed by atoms with Crippen LogP contribution in [0.2, 0.25) is 0 Å². The smallest absolute Gasteiger partial charge is 0.000572 e. The Hall–Kier alpha value is -0.170. The first-order chi connectivity index (χ1) is 5.70. The highest BCUT2D eigenvalue weighted by Gasteiger charge is 2.38. The van der Waals surface area contributed by atoms with Gasteiger partial charge in [-0.1, -0.05) is 30.8 Å². The maximum absolute atomic E-state index is 5.43. The molecular formula is C11H16S. The maximum Gasteiger partial charge on any atom is 0.000572 e. The van der Waals surface area contributed by atoms with Crippen LogP contribution in [0, 0.1) is 17.8 Å². The molecule has 0 saturated heterocycles. The van der Waals surface area contributed by atoms with Crippen LogP contribution in [0.15, 0.2) is 11.6 Å². The fourth-order valence-corrected chi connectivity index (χ4v) is 3.28. The van der Waals surface area contributed by atoms with E-state index < -0.39 is 0 Å². The Bertz CT molecular complexity index is 239. The van der Waals surface area contributed by atoms with E-state index in [1.165, 1.54) is 17.7 Å². The van der Waals surface area contributed by atoms with Gasteiger partial charge in [0.15, 0.2) is 0 Å². The van der Waals surface area contributed by atoms with Gasteiger partial charge in [0.1, 0.15) is 0 Å². The van der Waals surface area contributed by atoms with E-state index in [2.05, 4.69) is 19.9 Å². The molecule has 0 spiro atoms. The van der Waals surface area contributed by atoms with Crippen molar-refractivity contribution in [3.8, 4) is 0 Å². The highest BCUT2D eigenvalue weighted by molar-refractivity contribution is 7.80. The fourth-order valence-electron chi connectivity index (χ4n) is 2.80. The van der Waals surface area contributed by atoms with Gasteiger partial charge in [-0.25, -0.2) is 0 Å². The molecule has 0 aromatic heterocycles. The molecule has 1 saturated carbocycles. The lowest BCUT2D eigenvalue weighted by molar-refractivity contribution is 0.463. The van der Waals surface area contributed by atoms with E-state index in [9.17, 15) is 0 Å². The molecule has 2 aliphatic rings. The Morgan fingerprint density at radius 3 is 2.83 bits per heavy atom. The topological polar surface area (TPSA) is 0 Å². The van der Waals surface area contributed by atoms with Crippen molar-refractivity contribution in [1.82, 2.24) is 0 Å². The highest BCUT2D eigenvalue weighted by atomic mass is 32.1. The summed E-state index contributed by atoms with van der Waals surface area (Å²) in [6.45, 7) is 4.63. The molecule has 0 bridgehead atoms. The van der Waals surface area contributed by atoms with Gasteiger partial charge in [0.05, 0.1) is 0 Å². The summed E-state index contributed by atoms with van der Waals surface area (Å²) >= 11 is 5.43. The van der Waals surface area contributed by atoms with E-state index in [1.807, 2.05) is 0 Å². The van der Waals surface area contributed by atoms with Gasteiger partial charge in [0.25, 0.3) is 0 Å². The number of allylic oxidation sites excluding steroid dienone is 2. The van der Waals surface area contributed by atoms with Crippen LogP contribution in [0.25, 0.3) is 0 Å². The first kappa shape index (κ1) is 8.43. The van der Waals surface area contributed by atoms with Crippen LogP contribution in [0.5, 0.6) is 0 Å². The van der Waals surface area contributed by atoms with Gasteiger partial charge >= 0.3 is 0 Å². The molecule has 0 heterocycles. The summed E-state index contributed by atoms with van der Waals surface area (Å²) in [6.07, 6.45) is 6.14. The number of rotatable bonds is 0. The number of hydrogen-bond acceptors (Lipinski definition) is 1. The lowest BCUT2D eigenvalue weighted by atomic mass is 9.78. The SMILES string of the molecule is CC1=CCC(=S)[C@H]2[C@@H]1CC[C@@H]2C. The quantitative estimate of drug-likeness (QED) is 0.407. The van der Waals surface area contributed by atoms with Crippen molar-refractivity contribution in [2.24, 2.45) is 17.8 Å². The molecule has 12 heavy (non-hydrogen) atoms. The number of fused-ring (bicyclic) bond motifs is 1. The summed E-state index contributed by atoms with van der Waals surface area (Å²) in [4.78, 5) is 1.32. The minimum absolute atomic E-state index is 0.741. The molecule has 1 fully saturated rings. The Kier molecular flexibility index (Phi) is 2.07. The van der Waals surface area contributed by atoms with Crippen molar-refractivity contribution in [3.63, 3.8) is 0 Å². The molecule has 0 aromatic carbocycles. The van der Waals surface area contributed by atoms with Gasteiger partial charge in [0.2, 0.25) is 0 Å². The summed E-state index contributed by atoms with van der Waals surface area (Å²) < 4.78 is 0. The summed E-state index contributed by atoms with van der Waals surface area (Å²) in [7, 11) is 0. The minimum Gasteiger partial charge on any atom is -0.0890 e. The number of thiocarbonyl (C=S) groups is 1. The molecule has 0 aromatic rings. The molecule has 0 amide bonds. The predicted molar refractivity (Wildman–Crippen MR) is 56.4 cm³/mol. The Balaban J connectivity index is 2.29. The Morgan fingerprint density at radius 2 is 2.17 bits per heavy atom. The largest absolute Gasteiger partial charge is 0.0890 e. The average Bonchev–Trinajstić information content (AvgIpc) is 2.42. The van der Waals surface area contributed by atoms with Gasteiger partial charge < -0.3 is 0 Å². The molecule has 0 N–H and O–H groups in total. The molecule has 0 aliphatic heterocycles. The molecule has 2 aliphatic carbocycles. The molecule has 0 nitrogen and oxygen atoms in total. The third-order valence-corrected chi connectivity index (χ3v) is 4.00. The van der Waals surface area contributed by atoms with Crippen molar-refractivity contribution in [2.75, 3.05) is 0 Å². The maximum atomic E-state index is 5.43. The lowest BCUT2D eigenvalue weighted by Crippen LogP contribution is -2.25. The second-order valence-corrected chi connectivity index (χ2v) is 4.83. The van der Waals surface area contributed by atoms with E-state index in [4.69, 9.17) is 12.2 Å². The van der Waals surface area contributed by atoms with Gasteiger partial charge in [0, 0.05) is 4.86 Å². The summed E-state index contributed by atoms with van der Waals surface area (Å²) in [6, 6.07) is 0. The zero-order chi connectivity index (χ0) is 8.72. The van der Waals surface area contributed by atoms with Crippen molar-refractivity contribution in [1.29, 1.82) is 0 Å². The lowest BCUT2D eigenvalue weighted by Gasteiger charge is -2.28. The van der Waals surface area contributed by atoms with Crippen molar-refractivity contribution in [3.05, 3.63) is 11.6 Å². The highest BCUT2D eigenvalue weighted by Crippen LogP contribution is 2.44.